The van der Waals surface area contributed by atoms with E-state index >= 15 is 0 Å². The van der Waals surface area contributed by atoms with Gasteiger partial charge in [-0.2, -0.15) is 0 Å². The van der Waals surface area contributed by atoms with Gasteiger partial charge in [-0.05, 0) is 34.5 Å². The number of hydrogen-bond acceptors (Lipinski definition) is 2. The van der Waals surface area contributed by atoms with Gasteiger partial charge in [0.25, 0.3) is 0 Å². The molecule has 1 aromatic rings. The second-order valence-electron chi connectivity index (χ2n) is 2.80. The molecular formula is C10H10BrClO2. The lowest BCUT2D eigenvalue weighted by Gasteiger charge is -2.07. The van der Waals surface area contributed by atoms with Crippen molar-refractivity contribution in [3.05, 3.63) is 34.9 Å². The van der Waals surface area contributed by atoms with Gasteiger partial charge in [-0.1, -0.05) is 29.8 Å². The zero-order valence-corrected chi connectivity index (χ0v) is 10.0. The van der Waals surface area contributed by atoms with Crippen molar-refractivity contribution in [1.82, 2.24) is 0 Å². The fourth-order valence-corrected chi connectivity index (χ4v) is 1.43. The van der Waals surface area contributed by atoms with Crippen LogP contribution >= 0.6 is 27.5 Å². The quantitative estimate of drug-likeness (QED) is 0.626. The van der Waals surface area contributed by atoms with Gasteiger partial charge in [-0.3, -0.25) is 4.79 Å². The SMILES string of the molecule is CC(Br)OC(=O)Cc1ccccc1Cl. The average molecular weight is 278 g/mol. The Labute approximate surface area is 96.3 Å². The maximum Gasteiger partial charge on any atom is 0.311 e. The molecule has 1 unspecified atom stereocenters. The molecule has 0 aromatic heterocycles. The monoisotopic (exact) mass is 276 g/mol. The van der Waals surface area contributed by atoms with E-state index < -0.39 is 0 Å². The summed E-state index contributed by atoms with van der Waals surface area (Å²) < 4.78 is 4.93. The van der Waals surface area contributed by atoms with Crippen molar-refractivity contribution in [3.63, 3.8) is 0 Å². The van der Waals surface area contributed by atoms with Crippen LogP contribution in [0.2, 0.25) is 5.02 Å². The van der Waals surface area contributed by atoms with Crippen LogP contribution < -0.4 is 0 Å². The van der Waals surface area contributed by atoms with E-state index in [0.29, 0.717) is 5.02 Å². The van der Waals surface area contributed by atoms with Crippen molar-refractivity contribution in [2.45, 2.75) is 18.4 Å². The number of carbonyl (C=O) groups is 1. The Balaban J connectivity index is 2.61. The molecule has 0 bridgehead atoms. The van der Waals surface area contributed by atoms with Crippen LogP contribution in [0.4, 0.5) is 0 Å². The Kier molecular flexibility index (Phi) is 4.42. The molecule has 0 aliphatic carbocycles. The number of benzene rings is 1. The van der Waals surface area contributed by atoms with Crippen LogP contribution in [0.3, 0.4) is 0 Å². The third kappa shape index (κ3) is 3.68. The van der Waals surface area contributed by atoms with Crippen LogP contribution in [-0.2, 0) is 16.0 Å². The van der Waals surface area contributed by atoms with Gasteiger partial charge in [0.15, 0.2) is 5.01 Å². The molecule has 0 fully saturated rings. The Hall–Kier alpha value is -0.540. The molecule has 0 saturated carbocycles. The minimum Gasteiger partial charge on any atom is -0.451 e. The Morgan fingerprint density at radius 2 is 2.21 bits per heavy atom. The molecule has 0 heterocycles. The lowest BCUT2D eigenvalue weighted by Crippen LogP contribution is -2.11. The molecule has 1 atom stereocenters. The van der Waals surface area contributed by atoms with E-state index in [-0.39, 0.29) is 17.4 Å². The van der Waals surface area contributed by atoms with E-state index in [4.69, 9.17) is 16.3 Å². The number of esters is 1. The molecule has 0 N–H and O–H groups in total. The standard InChI is InChI=1S/C10H10BrClO2/c1-7(11)14-10(13)6-8-4-2-3-5-9(8)12/h2-5,7H,6H2,1H3. The number of hydrogen-bond donors (Lipinski definition) is 0. The van der Waals surface area contributed by atoms with Crippen molar-refractivity contribution in [2.75, 3.05) is 0 Å². The smallest absolute Gasteiger partial charge is 0.311 e. The van der Waals surface area contributed by atoms with E-state index in [2.05, 4.69) is 15.9 Å². The zero-order valence-electron chi connectivity index (χ0n) is 7.67. The topological polar surface area (TPSA) is 26.3 Å². The molecule has 2 nitrogen and oxygen atoms in total. The molecule has 1 aromatic carbocycles. The second-order valence-corrected chi connectivity index (χ2v) is 4.50. The molecule has 0 saturated heterocycles. The Morgan fingerprint density at radius 1 is 1.57 bits per heavy atom. The Morgan fingerprint density at radius 3 is 2.79 bits per heavy atom. The molecule has 0 amide bonds. The summed E-state index contributed by atoms with van der Waals surface area (Å²) in [5.41, 5.74) is 0.785. The molecule has 0 aliphatic heterocycles. The summed E-state index contributed by atoms with van der Waals surface area (Å²) >= 11 is 9.02. The summed E-state index contributed by atoms with van der Waals surface area (Å²) in [6, 6.07) is 7.22. The van der Waals surface area contributed by atoms with Crippen LogP contribution in [0.5, 0.6) is 0 Å². The number of ether oxygens (including phenoxy) is 1. The first-order valence-corrected chi connectivity index (χ1v) is 5.46. The zero-order chi connectivity index (χ0) is 10.6. The van der Waals surface area contributed by atoms with Crippen molar-refractivity contribution >= 4 is 33.5 Å². The first-order chi connectivity index (χ1) is 6.59. The van der Waals surface area contributed by atoms with Crippen LogP contribution in [0.15, 0.2) is 24.3 Å². The number of halogens is 2. The van der Waals surface area contributed by atoms with E-state index in [1.165, 1.54) is 0 Å². The Bertz CT molecular complexity index is 326. The van der Waals surface area contributed by atoms with Gasteiger partial charge >= 0.3 is 5.97 Å². The van der Waals surface area contributed by atoms with E-state index in [1.807, 2.05) is 18.2 Å². The number of carbonyl (C=O) groups excluding carboxylic acids is 1. The summed E-state index contributed by atoms with van der Waals surface area (Å²) in [5.74, 6) is -0.289. The highest BCUT2D eigenvalue weighted by Crippen LogP contribution is 2.16. The molecule has 4 heteroatoms. The first-order valence-electron chi connectivity index (χ1n) is 4.16. The molecular weight excluding hydrogens is 267 g/mol. The molecule has 14 heavy (non-hydrogen) atoms. The van der Waals surface area contributed by atoms with Crippen LogP contribution in [0.25, 0.3) is 0 Å². The summed E-state index contributed by atoms with van der Waals surface area (Å²) in [5, 5.41) is 0.323. The summed E-state index contributed by atoms with van der Waals surface area (Å²) in [6.07, 6.45) is 0.204. The predicted octanol–water partition coefficient (Wildman–Crippen LogP) is 3.17. The number of alkyl halides is 1. The molecule has 76 valence electrons. The normalized spacial score (nSPS) is 12.2. The van der Waals surface area contributed by atoms with Gasteiger partial charge in [-0.15, -0.1) is 0 Å². The molecule has 1 rings (SSSR count). The third-order valence-electron chi connectivity index (χ3n) is 1.59. The maximum atomic E-state index is 11.3. The lowest BCUT2D eigenvalue weighted by atomic mass is 10.1. The van der Waals surface area contributed by atoms with Gasteiger partial charge in [0, 0.05) is 5.02 Å². The summed E-state index contributed by atoms with van der Waals surface area (Å²) in [4.78, 5) is 11.3. The van der Waals surface area contributed by atoms with E-state index in [9.17, 15) is 4.79 Å². The van der Waals surface area contributed by atoms with E-state index in [1.54, 1.807) is 13.0 Å². The second kappa shape index (κ2) is 5.37. The van der Waals surface area contributed by atoms with Crippen molar-refractivity contribution in [2.24, 2.45) is 0 Å². The van der Waals surface area contributed by atoms with Gasteiger partial charge in [0.1, 0.15) is 0 Å². The number of rotatable bonds is 3. The highest BCUT2D eigenvalue weighted by molar-refractivity contribution is 9.09. The highest BCUT2D eigenvalue weighted by Gasteiger charge is 2.09. The van der Waals surface area contributed by atoms with Gasteiger partial charge in [0.2, 0.25) is 0 Å². The predicted molar refractivity (Wildman–Crippen MR) is 59.6 cm³/mol. The van der Waals surface area contributed by atoms with Crippen molar-refractivity contribution in [1.29, 1.82) is 0 Å². The van der Waals surface area contributed by atoms with Crippen LogP contribution in [0, 0.1) is 0 Å². The first kappa shape index (κ1) is 11.5. The average Bonchev–Trinajstić information content (AvgIpc) is 2.07. The molecule has 0 spiro atoms. The molecule has 0 aliphatic rings. The van der Waals surface area contributed by atoms with Crippen LogP contribution in [-0.4, -0.2) is 11.0 Å². The van der Waals surface area contributed by atoms with Crippen LogP contribution in [0.1, 0.15) is 12.5 Å². The van der Waals surface area contributed by atoms with Crippen molar-refractivity contribution < 1.29 is 9.53 Å². The summed E-state index contributed by atoms with van der Waals surface area (Å²) in [6.45, 7) is 1.74. The maximum absolute atomic E-state index is 11.3. The molecule has 0 radical (unpaired) electrons. The highest BCUT2D eigenvalue weighted by atomic mass is 79.9. The minimum atomic E-state index is -0.289. The lowest BCUT2D eigenvalue weighted by molar-refractivity contribution is -0.143. The summed E-state index contributed by atoms with van der Waals surface area (Å²) in [7, 11) is 0. The fraction of sp³-hybridized carbons (Fsp3) is 0.300. The van der Waals surface area contributed by atoms with E-state index in [0.717, 1.165) is 5.56 Å². The van der Waals surface area contributed by atoms with Crippen molar-refractivity contribution in [3.8, 4) is 0 Å². The minimum absolute atomic E-state index is 0.204. The van der Waals surface area contributed by atoms with Gasteiger partial charge in [0.05, 0.1) is 6.42 Å². The van der Waals surface area contributed by atoms with Gasteiger partial charge < -0.3 is 4.74 Å². The van der Waals surface area contributed by atoms with Gasteiger partial charge in [-0.25, -0.2) is 0 Å². The fourth-order valence-electron chi connectivity index (χ4n) is 1.02. The largest absolute Gasteiger partial charge is 0.451 e. The third-order valence-corrected chi connectivity index (χ3v) is 2.14.